The van der Waals surface area contributed by atoms with Gasteiger partial charge in [-0.15, -0.1) is 5.10 Å². The van der Waals surface area contributed by atoms with Crippen LogP contribution in [0.3, 0.4) is 0 Å². The fourth-order valence-corrected chi connectivity index (χ4v) is 2.45. The molecule has 20 heavy (non-hydrogen) atoms. The lowest BCUT2D eigenvalue weighted by molar-refractivity contribution is -0.134. The lowest BCUT2D eigenvalue weighted by Gasteiger charge is -2.39. The predicted octanol–water partition coefficient (Wildman–Crippen LogP) is 1.86. The Bertz CT molecular complexity index is 445. The molecule has 1 atom stereocenters. The van der Waals surface area contributed by atoms with Crippen molar-refractivity contribution in [1.82, 2.24) is 15.2 Å². The van der Waals surface area contributed by atoms with Crippen LogP contribution in [0.25, 0.3) is 0 Å². The number of alkyl halides is 3. The number of nitrogens with one attached hydrogen (secondary N) is 1. The van der Waals surface area contributed by atoms with Crippen LogP contribution in [0.15, 0.2) is 0 Å². The van der Waals surface area contributed by atoms with Crippen molar-refractivity contribution in [3.8, 4) is 0 Å². The van der Waals surface area contributed by atoms with Gasteiger partial charge in [0.15, 0.2) is 0 Å². The van der Waals surface area contributed by atoms with Gasteiger partial charge in [0, 0.05) is 19.5 Å². The van der Waals surface area contributed by atoms with Gasteiger partial charge in [0.05, 0.1) is 6.42 Å². The van der Waals surface area contributed by atoms with Crippen molar-refractivity contribution in [2.24, 2.45) is 11.1 Å². The smallest absolute Gasteiger partial charge is 0.339 e. The van der Waals surface area contributed by atoms with Crippen LogP contribution < -0.4 is 10.6 Å². The van der Waals surface area contributed by atoms with E-state index in [-0.39, 0.29) is 17.7 Å². The minimum absolute atomic E-state index is 0.0189. The summed E-state index contributed by atoms with van der Waals surface area (Å²) in [5.74, 6) is 0.749. The van der Waals surface area contributed by atoms with Crippen molar-refractivity contribution in [1.29, 1.82) is 0 Å². The molecule has 2 heterocycles. The second-order valence-electron chi connectivity index (χ2n) is 5.74. The summed E-state index contributed by atoms with van der Waals surface area (Å²) in [6.45, 7) is 4.23. The lowest BCUT2D eigenvalue weighted by Crippen LogP contribution is -2.46. The van der Waals surface area contributed by atoms with E-state index in [4.69, 9.17) is 5.73 Å². The molecule has 5 nitrogen and oxygen atoms in total. The number of hydrogen-bond acceptors (Lipinski definition) is 4. The molecular weight excluding hydrogens is 271 g/mol. The summed E-state index contributed by atoms with van der Waals surface area (Å²) in [4.78, 5) is 6.15. The summed E-state index contributed by atoms with van der Waals surface area (Å²) >= 11 is 0. The number of piperidine rings is 1. The van der Waals surface area contributed by atoms with Gasteiger partial charge in [-0.3, -0.25) is 5.10 Å². The zero-order chi connectivity index (χ0) is 14.8. The number of nitrogens with zero attached hydrogens (tertiary/aromatic N) is 3. The summed E-state index contributed by atoms with van der Waals surface area (Å²) in [5.41, 5.74) is 5.80. The number of aryl methyl sites for hydroxylation is 1. The summed E-state index contributed by atoms with van der Waals surface area (Å²) in [6, 6.07) is 0. The van der Waals surface area contributed by atoms with Crippen LogP contribution in [0.4, 0.5) is 19.1 Å². The zero-order valence-corrected chi connectivity index (χ0v) is 11.5. The van der Waals surface area contributed by atoms with Crippen molar-refractivity contribution in [2.45, 2.75) is 38.8 Å². The van der Waals surface area contributed by atoms with Gasteiger partial charge in [0.25, 0.3) is 0 Å². The molecule has 0 amide bonds. The molecule has 1 saturated heterocycles. The second kappa shape index (κ2) is 5.59. The minimum Gasteiger partial charge on any atom is -0.339 e. The first-order valence-electron chi connectivity index (χ1n) is 6.74. The van der Waals surface area contributed by atoms with Crippen LogP contribution in [-0.2, 0) is 6.42 Å². The van der Waals surface area contributed by atoms with Crippen LogP contribution in [0, 0.1) is 5.41 Å². The maximum absolute atomic E-state index is 12.2. The zero-order valence-electron chi connectivity index (χ0n) is 11.5. The van der Waals surface area contributed by atoms with Crippen molar-refractivity contribution < 1.29 is 13.2 Å². The van der Waals surface area contributed by atoms with Crippen LogP contribution in [0.2, 0.25) is 0 Å². The Morgan fingerprint density at radius 2 is 2.20 bits per heavy atom. The highest BCUT2D eigenvalue weighted by Gasteiger charge is 2.32. The molecule has 114 valence electrons. The summed E-state index contributed by atoms with van der Waals surface area (Å²) < 4.78 is 36.5. The highest BCUT2D eigenvalue weighted by Crippen LogP contribution is 2.30. The van der Waals surface area contributed by atoms with E-state index in [1.807, 2.05) is 4.90 Å². The average Bonchev–Trinajstić information content (AvgIpc) is 2.84. The number of aromatic amines is 1. The molecule has 1 aliphatic heterocycles. The average molecular weight is 291 g/mol. The second-order valence-corrected chi connectivity index (χ2v) is 5.74. The molecule has 2 rings (SSSR count). The molecule has 1 aliphatic rings. The molecule has 3 N–H and O–H groups in total. The molecule has 1 aromatic heterocycles. The molecule has 0 radical (unpaired) electrons. The first kappa shape index (κ1) is 15.1. The molecule has 1 aromatic rings. The molecule has 0 saturated carbocycles. The van der Waals surface area contributed by atoms with E-state index in [9.17, 15) is 13.2 Å². The van der Waals surface area contributed by atoms with Gasteiger partial charge >= 0.3 is 6.18 Å². The molecule has 0 spiro atoms. The van der Waals surface area contributed by atoms with Gasteiger partial charge in [-0.25, -0.2) is 0 Å². The number of nitrogens with two attached hydrogens (primary N) is 1. The summed E-state index contributed by atoms with van der Waals surface area (Å²) in [6.07, 6.45) is -3.19. The summed E-state index contributed by atoms with van der Waals surface area (Å²) in [5, 5.41) is 6.61. The van der Waals surface area contributed by atoms with Gasteiger partial charge in [-0.2, -0.15) is 18.2 Å². The molecule has 0 aliphatic carbocycles. The number of rotatable bonds is 4. The Labute approximate surface area is 115 Å². The fraction of sp³-hybridized carbons (Fsp3) is 0.833. The van der Waals surface area contributed by atoms with E-state index in [2.05, 4.69) is 22.1 Å². The maximum Gasteiger partial charge on any atom is 0.389 e. The highest BCUT2D eigenvalue weighted by atomic mass is 19.4. The standard InChI is InChI=1S/C12H20F3N5/c1-11(7-16)4-2-6-20(8-11)10-17-9(18-19-10)3-5-12(13,14)15/h2-8,16H2,1H3,(H,17,18,19). The van der Waals surface area contributed by atoms with Crippen molar-refractivity contribution >= 4 is 5.95 Å². The Balaban J connectivity index is 1.98. The highest BCUT2D eigenvalue weighted by molar-refractivity contribution is 5.30. The molecular formula is C12H20F3N5. The molecule has 0 bridgehead atoms. The molecule has 1 fully saturated rings. The van der Waals surface area contributed by atoms with E-state index in [1.54, 1.807) is 0 Å². The van der Waals surface area contributed by atoms with Gasteiger partial charge in [-0.1, -0.05) is 6.92 Å². The Kier molecular flexibility index (Phi) is 4.22. The monoisotopic (exact) mass is 291 g/mol. The van der Waals surface area contributed by atoms with E-state index in [0.717, 1.165) is 25.9 Å². The third kappa shape index (κ3) is 3.84. The van der Waals surface area contributed by atoms with Crippen LogP contribution in [0.1, 0.15) is 32.0 Å². The number of halogens is 3. The SMILES string of the molecule is CC1(CN)CCCN(c2n[nH]c(CCC(F)(F)F)n2)C1. The number of aromatic nitrogens is 3. The molecule has 1 unspecified atom stereocenters. The van der Waals surface area contributed by atoms with E-state index < -0.39 is 12.6 Å². The van der Waals surface area contributed by atoms with Crippen LogP contribution in [-0.4, -0.2) is 41.0 Å². The first-order valence-corrected chi connectivity index (χ1v) is 6.74. The van der Waals surface area contributed by atoms with Gasteiger partial charge in [0.2, 0.25) is 5.95 Å². The quantitative estimate of drug-likeness (QED) is 0.888. The third-order valence-electron chi connectivity index (χ3n) is 3.72. The van der Waals surface area contributed by atoms with Gasteiger partial charge in [-0.05, 0) is 24.8 Å². The van der Waals surface area contributed by atoms with E-state index in [0.29, 0.717) is 12.5 Å². The van der Waals surface area contributed by atoms with Crippen molar-refractivity contribution in [3.05, 3.63) is 5.82 Å². The Hall–Kier alpha value is -1.31. The normalized spacial score (nSPS) is 24.1. The first-order chi connectivity index (χ1) is 9.31. The van der Waals surface area contributed by atoms with Crippen molar-refractivity contribution in [3.63, 3.8) is 0 Å². The largest absolute Gasteiger partial charge is 0.389 e. The Morgan fingerprint density at radius 1 is 1.45 bits per heavy atom. The lowest BCUT2D eigenvalue weighted by atomic mass is 9.82. The van der Waals surface area contributed by atoms with Gasteiger partial charge in [0.1, 0.15) is 5.82 Å². The number of anilines is 1. The molecule has 0 aromatic carbocycles. The summed E-state index contributed by atoms with van der Waals surface area (Å²) in [7, 11) is 0. The topological polar surface area (TPSA) is 70.8 Å². The number of H-pyrrole nitrogens is 1. The third-order valence-corrected chi connectivity index (χ3v) is 3.72. The van der Waals surface area contributed by atoms with Gasteiger partial charge < -0.3 is 10.6 Å². The molecule has 8 heteroatoms. The fourth-order valence-electron chi connectivity index (χ4n) is 2.45. The number of hydrogen-bond donors (Lipinski definition) is 2. The van der Waals surface area contributed by atoms with Crippen LogP contribution >= 0.6 is 0 Å². The minimum atomic E-state index is -4.17. The predicted molar refractivity (Wildman–Crippen MR) is 69.4 cm³/mol. The maximum atomic E-state index is 12.2. The van der Waals surface area contributed by atoms with Crippen LogP contribution in [0.5, 0.6) is 0 Å². The van der Waals surface area contributed by atoms with Crippen molar-refractivity contribution in [2.75, 3.05) is 24.5 Å². The Morgan fingerprint density at radius 3 is 2.85 bits per heavy atom. The van der Waals surface area contributed by atoms with E-state index in [1.165, 1.54) is 0 Å². The van der Waals surface area contributed by atoms with E-state index >= 15 is 0 Å².